The smallest absolute Gasteiger partial charge is 0.295 e. The monoisotopic (exact) mass is 504 g/mol. The van der Waals surface area contributed by atoms with Crippen molar-refractivity contribution in [3.8, 4) is 23.0 Å². The number of carbonyl (C=O) groups is 2. The Morgan fingerprint density at radius 2 is 1.62 bits per heavy atom. The number of aliphatic hydroxyl groups excluding tert-OH is 1. The zero-order valence-corrected chi connectivity index (χ0v) is 21.3. The Labute approximate surface area is 214 Å². The maximum Gasteiger partial charge on any atom is 0.295 e. The number of pyridine rings is 1. The molecule has 0 bridgehead atoms. The van der Waals surface area contributed by atoms with Crippen LogP contribution in [0.1, 0.15) is 28.3 Å². The van der Waals surface area contributed by atoms with E-state index in [1.54, 1.807) is 42.7 Å². The molecule has 1 aliphatic rings. The third-order valence-corrected chi connectivity index (χ3v) is 6.23. The minimum Gasteiger partial charge on any atom is -0.507 e. The van der Waals surface area contributed by atoms with E-state index in [0.29, 0.717) is 34.1 Å². The normalized spacial score (nSPS) is 16.6. The molecule has 1 aliphatic heterocycles. The van der Waals surface area contributed by atoms with E-state index in [0.717, 1.165) is 11.1 Å². The number of aliphatic hydroxyl groups is 1. The van der Waals surface area contributed by atoms with E-state index < -0.39 is 17.7 Å². The summed E-state index contributed by atoms with van der Waals surface area (Å²) in [6.45, 7) is 1.94. The van der Waals surface area contributed by atoms with Crippen LogP contribution in [0, 0.1) is 6.92 Å². The van der Waals surface area contributed by atoms with Gasteiger partial charge in [0.1, 0.15) is 11.5 Å². The van der Waals surface area contributed by atoms with Crippen molar-refractivity contribution in [1.82, 2.24) is 9.88 Å². The Hall–Kier alpha value is -4.53. The Balaban J connectivity index is 1.99. The molecular weight excluding hydrogens is 476 g/mol. The molecule has 2 aromatic carbocycles. The van der Waals surface area contributed by atoms with Gasteiger partial charge in [0.15, 0.2) is 11.5 Å². The molecule has 1 atom stereocenters. The zero-order chi connectivity index (χ0) is 26.7. The predicted octanol–water partition coefficient (Wildman–Crippen LogP) is 4.05. The second-order valence-corrected chi connectivity index (χ2v) is 8.45. The summed E-state index contributed by atoms with van der Waals surface area (Å²) in [5, 5.41) is 11.5. The molecule has 37 heavy (non-hydrogen) atoms. The average Bonchev–Trinajstić information content (AvgIpc) is 3.17. The van der Waals surface area contributed by atoms with Gasteiger partial charge in [0, 0.05) is 18.9 Å². The Kier molecular flexibility index (Phi) is 7.33. The van der Waals surface area contributed by atoms with Crippen LogP contribution in [-0.4, -0.2) is 55.1 Å². The largest absolute Gasteiger partial charge is 0.507 e. The van der Waals surface area contributed by atoms with Gasteiger partial charge in [-0.15, -0.1) is 0 Å². The minimum atomic E-state index is -0.959. The molecule has 1 amide bonds. The SMILES string of the molecule is COc1ccc(C)cc1/C(O)=C1\C(=O)C(=O)N(Cc2cccnc2)C1c1cc(OC)c(OC)c(OC)c1. The number of likely N-dealkylation sites (tertiary alicyclic amines) is 1. The quantitative estimate of drug-likeness (QED) is 0.278. The molecule has 9 nitrogen and oxygen atoms in total. The van der Waals surface area contributed by atoms with Gasteiger partial charge in [-0.25, -0.2) is 0 Å². The average molecular weight is 505 g/mol. The lowest BCUT2D eigenvalue weighted by molar-refractivity contribution is -0.140. The van der Waals surface area contributed by atoms with Crippen molar-refractivity contribution in [3.63, 3.8) is 0 Å². The molecule has 1 saturated heterocycles. The maximum atomic E-state index is 13.5. The first-order chi connectivity index (χ1) is 17.8. The predicted molar refractivity (Wildman–Crippen MR) is 136 cm³/mol. The van der Waals surface area contributed by atoms with Gasteiger partial charge in [0.05, 0.1) is 45.6 Å². The number of Topliss-reactive ketones (excluding diaryl/α,β-unsaturated/α-hetero) is 1. The molecule has 1 N–H and O–H groups in total. The number of hydrogen-bond acceptors (Lipinski definition) is 8. The molecule has 1 fully saturated rings. The molecule has 1 unspecified atom stereocenters. The van der Waals surface area contributed by atoms with Crippen molar-refractivity contribution < 1.29 is 33.6 Å². The van der Waals surface area contributed by atoms with Crippen LogP contribution in [0.25, 0.3) is 5.76 Å². The van der Waals surface area contributed by atoms with Crippen LogP contribution in [0.3, 0.4) is 0 Å². The van der Waals surface area contributed by atoms with Gasteiger partial charge in [-0.05, 0) is 48.4 Å². The second kappa shape index (κ2) is 10.6. The number of amides is 1. The minimum absolute atomic E-state index is 0.0768. The highest BCUT2D eigenvalue weighted by Gasteiger charge is 2.47. The van der Waals surface area contributed by atoms with Crippen LogP contribution in [-0.2, 0) is 16.1 Å². The number of benzene rings is 2. The number of rotatable bonds is 8. The fraction of sp³-hybridized carbons (Fsp3) is 0.250. The topological polar surface area (TPSA) is 107 Å². The summed E-state index contributed by atoms with van der Waals surface area (Å²) in [7, 11) is 5.91. The molecule has 192 valence electrons. The molecule has 0 saturated carbocycles. The van der Waals surface area contributed by atoms with E-state index in [4.69, 9.17) is 18.9 Å². The van der Waals surface area contributed by atoms with Gasteiger partial charge in [-0.1, -0.05) is 17.7 Å². The van der Waals surface area contributed by atoms with Crippen molar-refractivity contribution in [2.45, 2.75) is 19.5 Å². The van der Waals surface area contributed by atoms with Gasteiger partial charge in [0.25, 0.3) is 11.7 Å². The number of aromatic nitrogens is 1. The van der Waals surface area contributed by atoms with Crippen LogP contribution in [0.15, 0.2) is 60.4 Å². The summed E-state index contributed by atoms with van der Waals surface area (Å²) in [5.74, 6) is -0.497. The lowest BCUT2D eigenvalue weighted by Gasteiger charge is -2.26. The van der Waals surface area contributed by atoms with Crippen LogP contribution in [0.4, 0.5) is 0 Å². The molecule has 9 heteroatoms. The Bertz CT molecular complexity index is 1340. The van der Waals surface area contributed by atoms with Gasteiger partial charge in [0.2, 0.25) is 5.75 Å². The van der Waals surface area contributed by atoms with E-state index in [-0.39, 0.29) is 17.9 Å². The molecule has 0 spiro atoms. The summed E-state index contributed by atoms with van der Waals surface area (Å²) >= 11 is 0. The van der Waals surface area contributed by atoms with Gasteiger partial charge >= 0.3 is 0 Å². The first kappa shape index (κ1) is 25.6. The maximum absolute atomic E-state index is 13.5. The summed E-state index contributed by atoms with van der Waals surface area (Å²) in [6, 6.07) is 11.1. The van der Waals surface area contributed by atoms with Crippen LogP contribution >= 0.6 is 0 Å². The summed E-state index contributed by atoms with van der Waals surface area (Å²) < 4.78 is 21.9. The van der Waals surface area contributed by atoms with Crippen molar-refractivity contribution in [2.75, 3.05) is 28.4 Å². The Morgan fingerprint density at radius 1 is 0.946 bits per heavy atom. The highest BCUT2D eigenvalue weighted by Crippen LogP contribution is 2.46. The van der Waals surface area contributed by atoms with Crippen molar-refractivity contribution >= 4 is 17.4 Å². The van der Waals surface area contributed by atoms with E-state index in [1.165, 1.54) is 33.3 Å². The number of methoxy groups -OCH3 is 4. The third kappa shape index (κ3) is 4.67. The first-order valence-corrected chi connectivity index (χ1v) is 11.5. The molecule has 0 aliphatic carbocycles. The van der Waals surface area contributed by atoms with Crippen molar-refractivity contribution in [2.24, 2.45) is 0 Å². The molecule has 0 radical (unpaired) electrons. The number of ketones is 1. The van der Waals surface area contributed by atoms with Crippen LogP contribution in [0.2, 0.25) is 0 Å². The Morgan fingerprint density at radius 3 is 2.19 bits per heavy atom. The summed E-state index contributed by atoms with van der Waals surface area (Å²) in [6.07, 6.45) is 3.24. The standard InChI is InChI=1S/C28H28N2O7/c1-16-8-9-20(34-2)19(11-16)25(31)23-24(18-12-21(35-3)27(37-5)22(13-18)36-4)30(28(33)26(23)32)15-17-7-6-10-29-14-17/h6-14,24,31H,15H2,1-5H3/b25-23+. The first-order valence-electron chi connectivity index (χ1n) is 11.5. The molecule has 4 rings (SSSR count). The number of carbonyl (C=O) groups excluding carboxylic acids is 2. The van der Waals surface area contributed by atoms with E-state index in [2.05, 4.69) is 4.98 Å². The van der Waals surface area contributed by atoms with Gasteiger partial charge < -0.3 is 29.0 Å². The fourth-order valence-electron chi connectivity index (χ4n) is 4.49. The lowest BCUT2D eigenvalue weighted by atomic mass is 9.94. The summed E-state index contributed by atoms with van der Waals surface area (Å²) in [4.78, 5) is 32.4. The number of aryl methyl sites for hydroxylation is 1. The van der Waals surface area contributed by atoms with Crippen molar-refractivity contribution in [1.29, 1.82) is 0 Å². The van der Waals surface area contributed by atoms with Gasteiger partial charge in [-0.2, -0.15) is 0 Å². The van der Waals surface area contributed by atoms with E-state index in [9.17, 15) is 14.7 Å². The highest BCUT2D eigenvalue weighted by atomic mass is 16.5. The molecular formula is C28H28N2O7. The zero-order valence-electron chi connectivity index (χ0n) is 21.3. The highest BCUT2D eigenvalue weighted by molar-refractivity contribution is 6.46. The lowest BCUT2D eigenvalue weighted by Crippen LogP contribution is -2.29. The number of hydrogen-bond donors (Lipinski definition) is 1. The number of nitrogens with zero attached hydrogens (tertiary/aromatic N) is 2. The van der Waals surface area contributed by atoms with Crippen LogP contribution < -0.4 is 18.9 Å². The third-order valence-electron chi connectivity index (χ3n) is 6.23. The van der Waals surface area contributed by atoms with Crippen LogP contribution in [0.5, 0.6) is 23.0 Å². The summed E-state index contributed by atoms with van der Waals surface area (Å²) in [5.41, 5.74) is 2.28. The van der Waals surface area contributed by atoms with Crippen molar-refractivity contribution in [3.05, 3.63) is 82.7 Å². The van der Waals surface area contributed by atoms with E-state index in [1.807, 2.05) is 19.1 Å². The van der Waals surface area contributed by atoms with E-state index >= 15 is 0 Å². The fourth-order valence-corrected chi connectivity index (χ4v) is 4.49. The molecule has 1 aromatic heterocycles. The molecule has 2 heterocycles. The second-order valence-electron chi connectivity index (χ2n) is 8.45. The molecule has 3 aromatic rings. The number of ether oxygens (including phenoxy) is 4. The van der Waals surface area contributed by atoms with Gasteiger partial charge in [-0.3, -0.25) is 14.6 Å².